The Kier molecular flexibility index (Phi) is 11.4. The number of fused-ring (bicyclic) bond motifs is 5. The van der Waals surface area contributed by atoms with E-state index >= 15 is 0 Å². The van der Waals surface area contributed by atoms with Gasteiger partial charge in [0.25, 0.3) is 0 Å². The molecule has 48 heavy (non-hydrogen) atoms. The Balaban J connectivity index is 1.60. The zero-order valence-corrected chi connectivity index (χ0v) is 36.0. The van der Waals surface area contributed by atoms with Crippen LogP contribution >= 0.6 is 0 Å². The first-order chi connectivity index (χ1) is 21.8. The number of allylic oxidation sites excluding steroid dienone is 3. The monoisotopic (exact) mass is 703 g/mol. The summed E-state index contributed by atoms with van der Waals surface area (Å²) in [5.41, 5.74) is 2.93. The van der Waals surface area contributed by atoms with Crippen molar-refractivity contribution >= 4 is 22.6 Å². The van der Waals surface area contributed by atoms with Gasteiger partial charge in [0.2, 0.25) is 0 Å². The third kappa shape index (κ3) is 7.43. The number of ether oxygens (including phenoxy) is 2. The van der Waals surface area contributed by atoms with E-state index in [9.17, 15) is 4.79 Å². The molecular formula is C41H74O5Si2. The van der Waals surface area contributed by atoms with Crippen LogP contribution in [-0.2, 0) is 23.1 Å². The molecule has 3 saturated carbocycles. The second-order valence-corrected chi connectivity index (χ2v) is 29.4. The third-order valence-corrected chi connectivity index (χ3v) is 24.1. The van der Waals surface area contributed by atoms with Crippen LogP contribution in [-0.4, -0.2) is 53.1 Å². The third-order valence-electron chi connectivity index (χ3n) is 15.1. The largest absolute Gasteiger partial charge is 0.458 e. The van der Waals surface area contributed by atoms with Gasteiger partial charge in [-0.25, -0.2) is 4.79 Å². The fraction of sp³-hybridized carbons (Fsp3) is 0.878. The minimum atomic E-state index is -2.05. The maximum atomic E-state index is 12.8. The predicted octanol–water partition coefficient (Wildman–Crippen LogP) is 11.4. The lowest BCUT2D eigenvalue weighted by Gasteiger charge is -2.59. The number of carbonyl (C=O) groups excluding carboxylic acids is 1. The molecule has 0 radical (unpaired) electrons. The Morgan fingerprint density at radius 2 is 1.46 bits per heavy atom. The zero-order chi connectivity index (χ0) is 36.3. The fourth-order valence-corrected chi connectivity index (χ4v) is 12.0. The van der Waals surface area contributed by atoms with Crippen molar-refractivity contribution in [2.24, 2.45) is 28.6 Å². The molecule has 0 aromatic heterocycles. The molecule has 0 amide bonds. The van der Waals surface area contributed by atoms with Crippen molar-refractivity contribution in [3.63, 3.8) is 0 Å². The molecule has 276 valence electrons. The van der Waals surface area contributed by atoms with Crippen LogP contribution in [0, 0.1) is 28.6 Å². The van der Waals surface area contributed by atoms with E-state index < -0.39 is 22.2 Å². The van der Waals surface area contributed by atoms with Gasteiger partial charge < -0.3 is 18.3 Å². The number of hydrogen-bond acceptors (Lipinski definition) is 5. The van der Waals surface area contributed by atoms with E-state index in [1.807, 2.05) is 6.92 Å². The maximum Gasteiger partial charge on any atom is 0.332 e. The highest BCUT2D eigenvalue weighted by molar-refractivity contribution is 6.74. The van der Waals surface area contributed by atoms with Crippen LogP contribution < -0.4 is 0 Å². The minimum Gasteiger partial charge on any atom is -0.458 e. The maximum absolute atomic E-state index is 12.8. The van der Waals surface area contributed by atoms with E-state index in [-0.39, 0.29) is 51.8 Å². The van der Waals surface area contributed by atoms with E-state index in [1.165, 1.54) is 19.3 Å². The second kappa shape index (κ2) is 13.7. The van der Waals surface area contributed by atoms with Gasteiger partial charge in [-0.15, -0.1) is 0 Å². The molecule has 0 spiro atoms. The van der Waals surface area contributed by atoms with Gasteiger partial charge in [-0.3, -0.25) is 0 Å². The van der Waals surface area contributed by atoms with E-state index in [4.69, 9.17) is 18.3 Å². The number of hydrogen-bond donors (Lipinski definition) is 0. The van der Waals surface area contributed by atoms with Gasteiger partial charge in [-0.05, 0) is 125 Å². The highest BCUT2D eigenvalue weighted by Gasteiger charge is 2.61. The highest BCUT2D eigenvalue weighted by atomic mass is 28.4. The van der Waals surface area contributed by atoms with Crippen molar-refractivity contribution in [2.75, 3.05) is 6.61 Å². The summed E-state index contributed by atoms with van der Waals surface area (Å²) in [6, 6.07) is 0. The number of esters is 1. The first-order valence-electron chi connectivity index (χ1n) is 19.5. The topological polar surface area (TPSA) is 54.0 Å². The van der Waals surface area contributed by atoms with Crippen molar-refractivity contribution in [1.82, 2.24) is 0 Å². The van der Waals surface area contributed by atoms with Gasteiger partial charge in [-0.2, -0.15) is 0 Å². The first-order valence-corrected chi connectivity index (χ1v) is 25.3. The normalized spacial score (nSPS) is 33.6. The van der Waals surface area contributed by atoms with E-state index in [2.05, 4.69) is 115 Å². The van der Waals surface area contributed by atoms with Crippen LogP contribution in [0.1, 0.15) is 134 Å². The average Bonchev–Trinajstić information content (AvgIpc) is 3.32. The lowest BCUT2D eigenvalue weighted by Crippen LogP contribution is -2.58. The van der Waals surface area contributed by atoms with Gasteiger partial charge in [0.1, 0.15) is 12.2 Å². The molecule has 4 aliphatic carbocycles. The van der Waals surface area contributed by atoms with Gasteiger partial charge >= 0.3 is 5.97 Å². The van der Waals surface area contributed by atoms with Crippen molar-refractivity contribution < 1.29 is 23.1 Å². The quantitative estimate of drug-likeness (QED) is 0.158. The van der Waals surface area contributed by atoms with Crippen LogP contribution in [0.4, 0.5) is 0 Å². The summed E-state index contributed by atoms with van der Waals surface area (Å²) in [7, 11) is -3.98. The van der Waals surface area contributed by atoms with Crippen molar-refractivity contribution in [1.29, 1.82) is 0 Å². The smallest absolute Gasteiger partial charge is 0.332 e. The molecule has 0 N–H and O–H groups in total. The van der Waals surface area contributed by atoms with E-state index in [0.717, 1.165) is 32.1 Å². The summed E-state index contributed by atoms with van der Waals surface area (Å²) in [5.74, 6) is 1.21. The Morgan fingerprint density at radius 1 is 0.875 bits per heavy atom. The summed E-state index contributed by atoms with van der Waals surface area (Å²) in [6.45, 7) is 37.3. The molecule has 4 aliphatic rings. The van der Waals surface area contributed by atoms with Crippen LogP contribution in [0.5, 0.6) is 0 Å². The predicted molar refractivity (Wildman–Crippen MR) is 205 cm³/mol. The van der Waals surface area contributed by atoms with E-state index in [0.29, 0.717) is 17.8 Å². The lowest BCUT2D eigenvalue weighted by molar-refractivity contribution is -0.168. The van der Waals surface area contributed by atoms with Crippen molar-refractivity contribution in [3.8, 4) is 0 Å². The molecule has 0 heterocycles. The van der Waals surface area contributed by atoms with Crippen LogP contribution in [0.15, 0.2) is 23.3 Å². The Hall–Kier alpha value is -0.736. The zero-order valence-electron chi connectivity index (χ0n) is 34.0. The molecule has 0 bridgehead atoms. The average molecular weight is 703 g/mol. The van der Waals surface area contributed by atoms with Crippen molar-refractivity contribution in [3.05, 3.63) is 23.3 Å². The molecule has 1 unspecified atom stereocenters. The summed E-state index contributed by atoms with van der Waals surface area (Å²) < 4.78 is 26.9. The van der Waals surface area contributed by atoms with Gasteiger partial charge in [0.15, 0.2) is 16.6 Å². The van der Waals surface area contributed by atoms with Crippen molar-refractivity contribution in [2.45, 2.75) is 195 Å². The summed E-state index contributed by atoms with van der Waals surface area (Å²) in [5, 5.41) is 0.322. The number of carbonyl (C=O) groups is 1. The Labute approximate surface area is 298 Å². The Bertz CT molecular complexity index is 1230. The van der Waals surface area contributed by atoms with Gasteiger partial charge in [0.05, 0.1) is 18.3 Å². The standard InChI is InChI=1S/C41H74O5Si2/c1-17-39(10,18-2)44-36(42)27-43-28(3)32-21-22-33-31-20-19-29-25-30(45-47(13,14)37(4,5)6)26-35(46-48(15,16)38(7,8)9)41(29,12)34(31)23-24-40(32,33)11/h19-20,28,30,32-35H,17-18,21-27H2,1-16H3/t28?,30-,32-,33+,34+,35+,40-,41+/m1/s1. The second-order valence-electron chi connectivity index (χ2n) is 19.9. The van der Waals surface area contributed by atoms with Gasteiger partial charge in [-0.1, -0.05) is 92.5 Å². The molecular weight excluding hydrogens is 629 g/mol. The molecule has 0 aliphatic heterocycles. The van der Waals surface area contributed by atoms with Gasteiger partial charge in [0, 0.05) is 5.41 Å². The minimum absolute atomic E-state index is 0.0158. The molecule has 0 aromatic rings. The van der Waals surface area contributed by atoms with Crippen LogP contribution in [0.2, 0.25) is 36.3 Å². The lowest BCUT2D eigenvalue weighted by atomic mass is 9.49. The molecule has 3 fully saturated rings. The van der Waals surface area contributed by atoms with E-state index in [1.54, 1.807) is 11.1 Å². The Morgan fingerprint density at radius 3 is 2.02 bits per heavy atom. The number of rotatable bonds is 11. The molecule has 4 rings (SSSR count). The molecule has 8 atom stereocenters. The van der Waals surface area contributed by atoms with Crippen LogP contribution in [0.25, 0.3) is 0 Å². The fourth-order valence-electron chi connectivity index (χ4n) is 9.22. The first kappa shape index (κ1) is 40.0. The molecule has 7 heteroatoms. The summed E-state index contributed by atoms with van der Waals surface area (Å²) in [4.78, 5) is 12.8. The molecule has 5 nitrogen and oxygen atoms in total. The van der Waals surface area contributed by atoms with Crippen LogP contribution in [0.3, 0.4) is 0 Å². The summed E-state index contributed by atoms with van der Waals surface area (Å²) >= 11 is 0. The summed E-state index contributed by atoms with van der Waals surface area (Å²) in [6.07, 6.45) is 13.7. The highest BCUT2D eigenvalue weighted by Crippen LogP contribution is 2.66. The molecule has 0 aromatic carbocycles. The molecule has 0 saturated heterocycles. The SMILES string of the molecule is CCC(C)(CC)OC(=O)COC(C)[C@H]1CC[C@H]2C3=CC=C4C[C@@H](O[Si](C)(C)C(C)(C)C)C[C@H](O[Si](C)(C)C(C)(C)C)[C@]4(C)[C@H]3CC[C@]12C.